The first-order chi connectivity index (χ1) is 9.92. The molecule has 0 saturated heterocycles. The van der Waals surface area contributed by atoms with Crippen LogP contribution in [-0.2, 0) is 0 Å². The van der Waals surface area contributed by atoms with Crippen LogP contribution in [0.5, 0.6) is 17.2 Å². The van der Waals surface area contributed by atoms with Crippen LogP contribution in [0.3, 0.4) is 0 Å². The first kappa shape index (κ1) is 14.8. The number of hydrogen-bond donors (Lipinski definition) is 0. The summed E-state index contributed by atoms with van der Waals surface area (Å²) < 4.78 is 11.1. The summed E-state index contributed by atoms with van der Waals surface area (Å²) in [6.45, 7) is 5.53. The molecule has 0 fully saturated rings. The number of benzene rings is 2. The summed E-state index contributed by atoms with van der Waals surface area (Å²) in [5.74, 6) is 2.11. The average Bonchev–Trinajstić information content (AvgIpc) is 2.42. The fourth-order valence-electron chi connectivity index (χ4n) is 2.23. The summed E-state index contributed by atoms with van der Waals surface area (Å²) in [5, 5.41) is 10.8. The Balaban J connectivity index is 2.35. The summed E-state index contributed by atoms with van der Waals surface area (Å²) in [6, 6.07) is 8.55. The third-order valence-corrected chi connectivity index (χ3v) is 3.24. The summed E-state index contributed by atoms with van der Waals surface area (Å²) in [7, 11) is 1.62. The molecule has 0 saturated carbocycles. The Morgan fingerprint density at radius 2 is 1.62 bits per heavy atom. The van der Waals surface area contributed by atoms with Crippen molar-refractivity contribution in [3.05, 3.63) is 57.1 Å². The molecule has 2 rings (SSSR count). The molecule has 0 aliphatic heterocycles. The van der Waals surface area contributed by atoms with E-state index >= 15 is 0 Å². The van der Waals surface area contributed by atoms with Crippen LogP contribution in [0.2, 0.25) is 0 Å². The summed E-state index contributed by atoms with van der Waals surface area (Å²) in [5.41, 5.74) is 2.50. The normalized spacial score (nSPS) is 10.3. The first-order valence-corrected chi connectivity index (χ1v) is 6.50. The fraction of sp³-hybridized carbons (Fsp3) is 0.250. The zero-order chi connectivity index (χ0) is 15.6. The number of nitro groups is 1. The minimum Gasteiger partial charge on any atom is -0.496 e. The van der Waals surface area contributed by atoms with Gasteiger partial charge >= 0.3 is 0 Å². The van der Waals surface area contributed by atoms with Crippen LogP contribution >= 0.6 is 0 Å². The topological polar surface area (TPSA) is 61.6 Å². The highest BCUT2D eigenvalue weighted by atomic mass is 16.6. The van der Waals surface area contributed by atoms with E-state index in [2.05, 4.69) is 0 Å². The number of aryl methyl sites for hydroxylation is 3. The van der Waals surface area contributed by atoms with Gasteiger partial charge in [0, 0.05) is 12.1 Å². The van der Waals surface area contributed by atoms with Gasteiger partial charge in [0.15, 0.2) is 0 Å². The van der Waals surface area contributed by atoms with Crippen molar-refractivity contribution in [1.82, 2.24) is 0 Å². The molecular weight excluding hydrogens is 270 g/mol. The molecule has 2 aromatic rings. The highest BCUT2D eigenvalue weighted by molar-refractivity contribution is 5.51. The predicted octanol–water partition coefficient (Wildman–Crippen LogP) is 4.32. The zero-order valence-corrected chi connectivity index (χ0v) is 12.5. The molecule has 0 N–H and O–H groups in total. The van der Waals surface area contributed by atoms with Crippen molar-refractivity contribution in [1.29, 1.82) is 0 Å². The van der Waals surface area contributed by atoms with Crippen molar-refractivity contribution in [2.24, 2.45) is 0 Å². The van der Waals surface area contributed by atoms with Crippen molar-refractivity contribution >= 4 is 5.69 Å². The summed E-state index contributed by atoms with van der Waals surface area (Å²) in [4.78, 5) is 10.4. The summed E-state index contributed by atoms with van der Waals surface area (Å²) in [6.07, 6.45) is 0. The van der Waals surface area contributed by atoms with Gasteiger partial charge in [-0.15, -0.1) is 0 Å². The molecule has 0 amide bonds. The molecular formula is C16H17NO4. The lowest BCUT2D eigenvalue weighted by Crippen LogP contribution is -1.96. The second-order valence-corrected chi connectivity index (χ2v) is 4.90. The van der Waals surface area contributed by atoms with Gasteiger partial charge in [0.25, 0.3) is 5.69 Å². The fourth-order valence-corrected chi connectivity index (χ4v) is 2.23. The Bertz CT molecular complexity index is 672. The maximum atomic E-state index is 10.8. The third-order valence-electron chi connectivity index (χ3n) is 3.24. The van der Waals surface area contributed by atoms with Gasteiger partial charge in [-0.05, 0) is 55.7 Å². The van der Waals surface area contributed by atoms with Crippen LogP contribution in [0.15, 0.2) is 30.3 Å². The van der Waals surface area contributed by atoms with Crippen LogP contribution in [0.1, 0.15) is 16.7 Å². The lowest BCUT2D eigenvalue weighted by molar-refractivity contribution is -0.385. The number of hydrogen-bond acceptors (Lipinski definition) is 4. The molecule has 0 atom stereocenters. The number of ether oxygens (including phenoxy) is 2. The zero-order valence-electron chi connectivity index (χ0n) is 12.5. The van der Waals surface area contributed by atoms with Gasteiger partial charge in [0.1, 0.15) is 17.2 Å². The van der Waals surface area contributed by atoms with Gasteiger partial charge in [-0.2, -0.15) is 0 Å². The van der Waals surface area contributed by atoms with E-state index in [0.29, 0.717) is 11.5 Å². The predicted molar refractivity (Wildman–Crippen MR) is 80.4 cm³/mol. The molecule has 2 aromatic carbocycles. The lowest BCUT2D eigenvalue weighted by Gasteiger charge is -2.13. The van der Waals surface area contributed by atoms with E-state index in [1.165, 1.54) is 12.1 Å². The van der Waals surface area contributed by atoms with Gasteiger partial charge in [0.05, 0.1) is 12.0 Å². The van der Waals surface area contributed by atoms with Crippen molar-refractivity contribution in [3.63, 3.8) is 0 Å². The first-order valence-electron chi connectivity index (χ1n) is 6.50. The highest BCUT2D eigenvalue weighted by Crippen LogP contribution is 2.33. The smallest absolute Gasteiger partial charge is 0.270 e. The van der Waals surface area contributed by atoms with Crippen LogP contribution in [0, 0.1) is 30.9 Å². The molecule has 5 heteroatoms. The van der Waals surface area contributed by atoms with E-state index in [0.717, 1.165) is 22.4 Å². The molecule has 0 heterocycles. The van der Waals surface area contributed by atoms with Gasteiger partial charge < -0.3 is 9.47 Å². The lowest BCUT2D eigenvalue weighted by atomic mass is 10.1. The van der Waals surface area contributed by atoms with E-state index in [9.17, 15) is 10.1 Å². The number of non-ortho nitro benzene ring substituents is 1. The standard InChI is InChI=1S/C16H17NO4/c1-10-9-14(5-6-15(10)20-4)21-16-11(2)7-13(17(18)19)8-12(16)3/h5-9H,1-4H3. The molecule has 0 bridgehead atoms. The molecule has 21 heavy (non-hydrogen) atoms. The van der Waals surface area contributed by atoms with E-state index in [1.807, 2.05) is 25.1 Å². The Kier molecular flexibility index (Phi) is 4.12. The van der Waals surface area contributed by atoms with Crippen LogP contribution in [-0.4, -0.2) is 12.0 Å². The second-order valence-electron chi connectivity index (χ2n) is 4.90. The Morgan fingerprint density at radius 3 is 2.10 bits per heavy atom. The van der Waals surface area contributed by atoms with Crippen molar-refractivity contribution in [3.8, 4) is 17.2 Å². The molecule has 0 aromatic heterocycles. The molecule has 5 nitrogen and oxygen atoms in total. The average molecular weight is 287 g/mol. The maximum Gasteiger partial charge on any atom is 0.270 e. The number of nitro benzene ring substituents is 1. The Labute approximate surface area is 123 Å². The van der Waals surface area contributed by atoms with E-state index < -0.39 is 4.92 Å². The van der Waals surface area contributed by atoms with Gasteiger partial charge in [-0.25, -0.2) is 0 Å². The van der Waals surface area contributed by atoms with Crippen LogP contribution in [0.4, 0.5) is 5.69 Å². The molecule has 110 valence electrons. The maximum absolute atomic E-state index is 10.8. The second kappa shape index (κ2) is 5.83. The number of nitrogens with zero attached hydrogens (tertiary/aromatic N) is 1. The highest BCUT2D eigenvalue weighted by Gasteiger charge is 2.14. The van der Waals surface area contributed by atoms with Gasteiger partial charge in [0.2, 0.25) is 0 Å². The molecule has 0 aliphatic rings. The van der Waals surface area contributed by atoms with Crippen LogP contribution < -0.4 is 9.47 Å². The quantitative estimate of drug-likeness (QED) is 0.620. The Morgan fingerprint density at radius 1 is 1.00 bits per heavy atom. The minimum absolute atomic E-state index is 0.0725. The van der Waals surface area contributed by atoms with E-state index in [4.69, 9.17) is 9.47 Å². The van der Waals surface area contributed by atoms with Crippen molar-refractivity contribution < 1.29 is 14.4 Å². The van der Waals surface area contributed by atoms with E-state index in [1.54, 1.807) is 21.0 Å². The monoisotopic (exact) mass is 287 g/mol. The summed E-state index contributed by atoms with van der Waals surface area (Å²) >= 11 is 0. The Hall–Kier alpha value is -2.56. The number of rotatable bonds is 4. The molecule has 0 spiro atoms. The number of methoxy groups -OCH3 is 1. The third kappa shape index (κ3) is 3.13. The van der Waals surface area contributed by atoms with E-state index in [-0.39, 0.29) is 5.69 Å². The minimum atomic E-state index is -0.401. The molecule has 0 radical (unpaired) electrons. The van der Waals surface area contributed by atoms with Crippen molar-refractivity contribution in [2.75, 3.05) is 7.11 Å². The largest absolute Gasteiger partial charge is 0.496 e. The van der Waals surface area contributed by atoms with Gasteiger partial charge in [-0.1, -0.05) is 0 Å². The SMILES string of the molecule is COc1ccc(Oc2c(C)cc([N+](=O)[O-])cc2C)cc1C. The van der Waals surface area contributed by atoms with Crippen molar-refractivity contribution in [2.45, 2.75) is 20.8 Å². The molecule has 0 unspecified atom stereocenters. The van der Waals surface area contributed by atoms with Crippen LogP contribution in [0.25, 0.3) is 0 Å². The molecule has 0 aliphatic carbocycles. The van der Waals surface area contributed by atoms with Gasteiger partial charge in [-0.3, -0.25) is 10.1 Å².